The Morgan fingerprint density at radius 2 is 2.20 bits per heavy atom. The zero-order valence-electron chi connectivity index (χ0n) is 6.72. The standard InChI is InChI=1S/C8H14O2/c1-4-6(2)5-8(10)7(3)9/h5,7,9H,4H2,1-3H3. The molecule has 0 saturated heterocycles. The van der Waals surface area contributed by atoms with Crippen molar-refractivity contribution in [3.63, 3.8) is 0 Å². The van der Waals surface area contributed by atoms with Crippen LogP contribution >= 0.6 is 0 Å². The van der Waals surface area contributed by atoms with Crippen LogP contribution in [-0.2, 0) is 4.79 Å². The van der Waals surface area contributed by atoms with Crippen LogP contribution in [0, 0.1) is 0 Å². The minimum Gasteiger partial charge on any atom is -0.385 e. The first-order valence-electron chi connectivity index (χ1n) is 3.47. The van der Waals surface area contributed by atoms with E-state index < -0.39 is 6.10 Å². The monoisotopic (exact) mass is 142 g/mol. The van der Waals surface area contributed by atoms with Crippen molar-refractivity contribution in [3.8, 4) is 0 Å². The van der Waals surface area contributed by atoms with E-state index in [-0.39, 0.29) is 5.78 Å². The summed E-state index contributed by atoms with van der Waals surface area (Å²) in [6.07, 6.45) is 1.49. The van der Waals surface area contributed by atoms with E-state index in [9.17, 15) is 4.79 Å². The minimum atomic E-state index is -0.860. The van der Waals surface area contributed by atoms with E-state index in [0.29, 0.717) is 0 Å². The summed E-state index contributed by atoms with van der Waals surface area (Å²) in [5, 5.41) is 8.77. The van der Waals surface area contributed by atoms with Gasteiger partial charge in [0.25, 0.3) is 0 Å². The Hall–Kier alpha value is -0.630. The van der Waals surface area contributed by atoms with Crippen LogP contribution in [0.5, 0.6) is 0 Å². The Morgan fingerprint density at radius 3 is 2.50 bits per heavy atom. The lowest BCUT2D eigenvalue weighted by Gasteiger charge is -1.98. The van der Waals surface area contributed by atoms with Crippen LogP contribution in [0.4, 0.5) is 0 Å². The molecule has 0 radical (unpaired) electrons. The molecule has 0 spiro atoms. The van der Waals surface area contributed by atoms with E-state index in [4.69, 9.17) is 5.11 Å². The van der Waals surface area contributed by atoms with Crippen LogP contribution in [0.15, 0.2) is 11.6 Å². The lowest BCUT2D eigenvalue weighted by Crippen LogP contribution is -2.13. The first kappa shape index (κ1) is 9.37. The maximum Gasteiger partial charge on any atom is 0.183 e. The first-order chi connectivity index (χ1) is 4.57. The van der Waals surface area contributed by atoms with E-state index in [2.05, 4.69) is 0 Å². The van der Waals surface area contributed by atoms with Gasteiger partial charge in [0.1, 0.15) is 6.10 Å². The molecule has 2 nitrogen and oxygen atoms in total. The van der Waals surface area contributed by atoms with Gasteiger partial charge in [-0.2, -0.15) is 0 Å². The highest BCUT2D eigenvalue weighted by molar-refractivity contribution is 5.93. The predicted molar refractivity (Wildman–Crippen MR) is 40.7 cm³/mol. The Balaban J connectivity index is 4.00. The number of aliphatic hydroxyl groups excluding tert-OH is 1. The van der Waals surface area contributed by atoms with E-state index in [1.54, 1.807) is 0 Å². The Kier molecular flexibility index (Phi) is 3.96. The third-order valence-electron chi connectivity index (χ3n) is 1.36. The van der Waals surface area contributed by atoms with Gasteiger partial charge in [-0.3, -0.25) is 4.79 Å². The molecule has 0 bridgehead atoms. The topological polar surface area (TPSA) is 37.3 Å². The largest absolute Gasteiger partial charge is 0.385 e. The molecule has 2 heteroatoms. The average molecular weight is 142 g/mol. The lowest BCUT2D eigenvalue weighted by molar-refractivity contribution is -0.121. The Bertz CT molecular complexity index is 145. The second-order valence-electron chi connectivity index (χ2n) is 2.42. The summed E-state index contributed by atoms with van der Waals surface area (Å²) in [7, 11) is 0. The number of ketones is 1. The van der Waals surface area contributed by atoms with Gasteiger partial charge in [0.15, 0.2) is 5.78 Å². The number of hydrogen-bond acceptors (Lipinski definition) is 2. The zero-order valence-corrected chi connectivity index (χ0v) is 6.72. The van der Waals surface area contributed by atoms with Gasteiger partial charge in [-0.25, -0.2) is 0 Å². The fraction of sp³-hybridized carbons (Fsp3) is 0.625. The van der Waals surface area contributed by atoms with Gasteiger partial charge in [-0.15, -0.1) is 0 Å². The fourth-order valence-corrected chi connectivity index (χ4v) is 0.466. The molecule has 0 aliphatic carbocycles. The van der Waals surface area contributed by atoms with Crippen LogP contribution < -0.4 is 0 Å². The summed E-state index contributed by atoms with van der Waals surface area (Å²) in [6.45, 7) is 5.32. The molecule has 0 saturated carbocycles. The lowest BCUT2D eigenvalue weighted by atomic mass is 10.1. The summed E-state index contributed by atoms with van der Waals surface area (Å²) >= 11 is 0. The highest BCUT2D eigenvalue weighted by Gasteiger charge is 2.03. The molecule has 0 aromatic rings. The van der Waals surface area contributed by atoms with E-state index >= 15 is 0 Å². The van der Waals surface area contributed by atoms with Crippen LogP contribution in [0.3, 0.4) is 0 Å². The molecule has 1 N–H and O–H groups in total. The average Bonchev–Trinajstić information content (AvgIpc) is 1.87. The van der Waals surface area contributed by atoms with Crippen molar-refractivity contribution in [3.05, 3.63) is 11.6 Å². The van der Waals surface area contributed by atoms with Crippen molar-refractivity contribution >= 4 is 5.78 Å². The first-order valence-corrected chi connectivity index (χ1v) is 3.47. The van der Waals surface area contributed by atoms with Crippen LogP contribution in [0.1, 0.15) is 27.2 Å². The second kappa shape index (κ2) is 4.23. The smallest absolute Gasteiger partial charge is 0.183 e. The quantitative estimate of drug-likeness (QED) is 0.603. The predicted octanol–water partition coefficient (Wildman–Crippen LogP) is 1.29. The molecule has 0 aromatic carbocycles. The maximum atomic E-state index is 10.8. The van der Waals surface area contributed by atoms with E-state index in [0.717, 1.165) is 12.0 Å². The van der Waals surface area contributed by atoms with Gasteiger partial charge >= 0.3 is 0 Å². The van der Waals surface area contributed by atoms with Crippen LogP contribution in [0.25, 0.3) is 0 Å². The number of hydrogen-bond donors (Lipinski definition) is 1. The Labute approximate surface area is 61.6 Å². The molecule has 0 aliphatic heterocycles. The van der Waals surface area contributed by atoms with Crippen molar-refractivity contribution in [1.82, 2.24) is 0 Å². The molecule has 0 amide bonds. The van der Waals surface area contributed by atoms with Crippen molar-refractivity contribution in [2.24, 2.45) is 0 Å². The molecular weight excluding hydrogens is 128 g/mol. The highest BCUT2D eigenvalue weighted by atomic mass is 16.3. The fourth-order valence-electron chi connectivity index (χ4n) is 0.466. The maximum absolute atomic E-state index is 10.8. The van der Waals surface area contributed by atoms with Gasteiger partial charge in [0.2, 0.25) is 0 Å². The van der Waals surface area contributed by atoms with Crippen LogP contribution in [0.2, 0.25) is 0 Å². The number of carbonyl (C=O) groups excluding carboxylic acids is 1. The number of allylic oxidation sites excluding steroid dienone is 1. The number of rotatable bonds is 3. The normalized spacial score (nSPS) is 15.0. The molecule has 1 atom stereocenters. The summed E-state index contributed by atoms with van der Waals surface area (Å²) < 4.78 is 0. The van der Waals surface area contributed by atoms with Crippen molar-refractivity contribution in [2.45, 2.75) is 33.3 Å². The molecule has 0 aliphatic rings. The molecule has 58 valence electrons. The minimum absolute atomic E-state index is 0.209. The third-order valence-corrected chi connectivity index (χ3v) is 1.36. The molecular formula is C8H14O2. The SMILES string of the molecule is CCC(C)=CC(=O)C(C)O. The van der Waals surface area contributed by atoms with Crippen molar-refractivity contribution < 1.29 is 9.90 Å². The molecule has 0 aromatic heterocycles. The van der Waals surface area contributed by atoms with Gasteiger partial charge in [-0.05, 0) is 26.3 Å². The zero-order chi connectivity index (χ0) is 8.15. The summed E-state index contributed by atoms with van der Waals surface area (Å²) in [5.41, 5.74) is 1.01. The molecule has 0 rings (SSSR count). The van der Waals surface area contributed by atoms with Gasteiger partial charge in [0, 0.05) is 0 Å². The second-order valence-corrected chi connectivity index (χ2v) is 2.42. The Morgan fingerprint density at radius 1 is 1.70 bits per heavy atom. The van der Waals surface area contributed by atoms with Crippen molar-refractivity contribution in [2.75, 3.05) is 0 Å². The summed E-state index contributed by atoms with van der Waals surface area (Å²) in [6, 6.07) is 0. The molecule has 1 unspecified atom stereocenters. The number of carbonyl (C=O) groups is 1. The summed E-state index contributed by atoms with van der Waals surface area (Å²) in [5.74, 6) is -0.209. The van der Waals surface area contributed by atoms with Gasteiger partial charge < -0.3 is 5.11 Å². The third kappa shape index (κ3) is 3.41. The van der Waals surface area contributed by atoms with E-state index in [1.165, 1.54) is 13.0 Å². The highest BCUT2D eigenvalue weighted by Crippen LogP contribution is 1.99. The van der Waals surface area contributed by atoms with Crippen molar-refractivity contribution in [1.29, 1.82) is 0 Å². The number of aliphatic hydroxyl groups is 1. The molecule has 10 heavy (non-hydrogen) atoms. The molecule has 0 fully saturated rings. The summed E-state index contributed by atoms with van der Waals surface area (Å²) in [4.78, 5) is 10.8. The van der Waals surface area contributed by atoms with Crippen LogP contribution in [-0.4, -0.2) is 17.0 Å². The van der Waals surface area contributed by atoms with Gasteiger partial charge in [0.05, 0.1) is 0 Å². The van der Waals surface area contributed by atoms with Gasteiger partial charge in [-0.1, -0.05) is 12.5 Å². The molecule has 0 heterocycles. The van der Waals surface area contributed by atoms with E-state index in [1.807, 2.05) is 13.8 Å².